The van der Waals surface area contributed by atoms with Crippen LogP contribution in [0.5, 0.6) is 0 Å². The van der Waals surface area contributed by atoms with Crippen LogP contribution in [0.15, 0.2) is 11.4 Å². The van der Waals surface area contributed by atoms with E-state index in [1.54, 1.807) is 11.3 Å². The summed E-state index contributed by atoms with van der Waals surface area (Å²) in [6.07, 6.45) is 4.39. The van der Waals surface area contributed by atoms with Crippen molar-refractivity contribution in [1.82, 2.24) is 0 Å². The highest BCUT2D eigenvalue weighted by Gasteiger charge is 2.06. The quantitative estimate of drug-likeness (QED) is 0.620. The molecule has 5 heteroatoms. The lowest BCUT2D eigenvalue weighted by atomic mass is 10.1. The molecule has 0 aliphatic carbocycles. The fourth-order valence-corrected chi connectivity index (χ4v) is 2.97. The van der Waals surface area contributed by atoms with Crippen LogP contribution in [0.1, 0.15) is 50.0 Å². The van der Waals surface area contributed by atoms with Crippen molar-refractivity contribution in [1.29, 1.82) is 0 Å². The van der Waals surface area contributed by atoms with Crippen molar-refractivity contribution in [2.24, 2.45) is 0 Å². The van der Waals surface area contributed by atoms with Gasteiger partial charge in [-0.2, -0.15) is 0 Å². The van der Waals surface area contributed by atoms with Gasteiger partial charge in [-0.05, 0) is 56.5 Å². The Hall–Kier alpha value is -1.36. The maximum Gasteiger partial charge on any atom is 0.305 e. The van der Waals surface area contributed by atoms with Crippen molar-refractivity contribution in [2.75, 3.05) is 13.2 Å². The minimum atomic E-state index is -0.123. The third-order valence-corrected chi connectivity index (χ3v) is 4.01. The minimum absolute atomic E-state index is 0.122. The van der Waals surface area contributed by atoms with Gasteiger partial charge in [0.05, 0.1) is 13.2 Å². The first-order valence-corrected chi connectivity index (χ1v) is 8.41. The van der Waals surface area contributed by atoms with Gasteiger partial charge in [-0.3, -0.25) is 9.59 Å². The summed E-state index contributed by atoms with van der Waals surface area (Å²) in [5.41, 5.74) is 1.26. The molecule has 0 saturated carbocycles. The third kappa shape index (κ3) is 7.85. The molecule has 118 valence electrons. The average molecular weight is 312 g/mol. The van der Waals surface area contributed by atoms with E-state index in [2.05, 4.69) is 11.4 Å². The Morgan fingerprint density at radius 2 is 1.57 bits per heavy atom. The number of carbonyl (C=O) groups is 2. The number of esters is 2. The Labute approximate surface area is 130 Å². The van der Waals surface area contributed by atoms with Crippen LogP contribution in [-0.2, 0) is 31.9 Å². The SMILES string of the molecule is CCOC(=O)CCCc1csc(CCCC(=O)OCC)c1. The van der Waals surface area contributed by atoms with E-state index in [-0.39, 0.29) is 11.9 Å². The molecule has 0 aliphatic heterocycles. The number of carbonyl (C=O) groups excluding carboxylic acids is 2. The molecule has 1 rings (SSSR count). The summed E-state index contributed by atoms with van der Waals surface area (Å²) in [5.74, 6) is -0.244. The van der Waals surface area contributed by atoms with E-state index in [0.717, 1.165) is 25.7 Å². The summed E-state index contributed by atoms with van der Waals surface area (Å²) >= 11 is 1.72. The second kappa shape index (κ2) is 10.4. The molecule has 1 aromatic rings. The molecule has 0 radical (unpaired) electrons. The van der Waals surface area contributed by atoms with Crippen molar-refractivity contribution in [3.8, 4) is 0 Å². The second-order valence-electron chi connectivity index (χ2n) is 4.74. The van der Waals surface area contributed by atoms with Crippen LogP contribution in [0.4, 0.5) is 0 Å². The maximum absolute atomic E-state index is 11.2. The summed E-state index contributed by atoms with van der Waals surface area (Å²) in [4.78, 5) is 23.8. The number of ether oxygens (including phenoxy) is 2. The predicted molar refractivity (Wildman–Crippen MR) is 83.5 cm³/mol. The van der Waals surface area contributed by atoms with Crippen molar-refractivity contribution < 1.29 is 19.1 Å². The fraction of sp³-hybridized carbons (Fsp3) is 0.625. The summed E-state index contributed by atoms with van der Waals surface area (Å²) in [6.45, 7) is 4.53. The first kappa shape index (κ1) is 17.7. The van der Waals surface area contributed by atoms with E-state index in [1.165, 1.54) is 10.4 Å². The second-order valence-corrected chi connectivity index (χ2v) is 5.73. The van der Waals surface area contributed by atoms with Gasteiger partial charge in [0.15, 0.2) is 0 Å². The first-order valence-electron chi connectivity index (χ1n) is 7.53. The first-order chi connectivity index (χ1) is 10.2. The normalized spacial score (nSPS) is 10.4. The maximum atomic E-state index is 11.2. The molecule has 0 unspecified atom stereocenters. The van der Waals surface area contributed by atoms with Crippen LogP contribution in [-0.4, -0.2) is 25.2 Å². The Balaban J connectivity index is 2.20. The van der Waals surface area contributed by atoms with Gasteiger partial charge in [-0.15, -0.1) is 11.3 Å². The fourth-order valence-electron chi connectivity index (χ4n) is 2.00. The number of aryl methyl sites for hydroxylation is 2. The van der Waals surface area contributed by atoms with Gasteiger partial charge in [-0.25, -0.2) is 0 Å². The molecular formula is C16H24O4S. The van der Waals surface area contributed by atoms with Crippen molar-refractivity contribution in [3.63, 3.8) is 0 Å². The number of hydrogen-bond donors (Lipinski definition) is 0. The number of rotatable bonds is 10. The molecule has 1 aromatic heterocycles. The van der Waals surface area contributed by atoms with E-state index in [0.29, 0.717) is 26.1 Å². The standard InChI is InChI=1S/C16H24O4S/c1-3-19-15(17)9-5-7-13-11-14(21-12-13)8-6-10-16(18)20-4-2/h11-12H,3-10H2,1-2H3. The molecule has 0 aromatic carbocycles. The van der Waals surface area contributed by atoms with Gasteiger partial charge >= 0.3 is 11.9 Å². The molecule has 0 spiro atoms. The summed E-state index contributed by atoms with van der Waals surface area (Å²) in [5, 5.41) is 2.13. The zero-order valence-corrected chi connectivity index (χ0v) is 13.7. The molecule has 0 saturated heterocycles. The molecule has 1 heterocycles. The van der Waals surface area contributed by atoms with Gasteiger partial charge < -0.3 is 9.47 Å². The van der Waals surface area contributed by atoms with Crippen LogP contribution in [0, 0.1) is 0 Å². The number of thiophene rings is 1. The highest BCUT2D eigenvalue weighted by molar-refractivity contribution is 7.10. The molecule has 0 atom stereocenters. The lowest BCUT2D eigenvalue weighted by molar-refractivity contribution is -0.144. The Kier molecular flexibility index (Phi) is 8.74. The molecule has 0 bridgehead atoms. The number of hydrogen-bond acceptors (Lipinski definition) is 5. The average Bonchev–Trinajstić information content (AvgIpc) is 2.87. The molecule has 4 nitrogen and oxygen atoms in total. The largest absolute Gasteiger partial charge is 0.466 e. The van der Waals surface area contributed by atoms with E-state index < -0.39 is 0 Å². The van der Waals surface area contributed by atoms with Crippen LogP contribution >= 0.6 is 11.3 Å². The van der Waals surface area contributed by atoms with Gasteiger partial charge in [-0.1, -0.05) is 0 Å². The Morgan fingerprint density at radius 3 is 2.14 bits per heavy atom. The lowest BCUT2D eigenvalue weighted by Crippen LogP contribution is -2.04. The van der Waals surface area contributed by atoms with Gasteiger partial charge in [0.2, 0.25) is 0 Å². The van der Waals surface area contributed by atoms with Crippen molar-refractivity contribution in [2.45, 2.75) is 52.4 Å². The van der Waals surface area contributed by atoms with Gasteiger partial charge in [0.25, 0.3) is 0 Å². The van der Waals surface area contributed by atoms with E-state index in [1.807, 2.05) is 13.8 Å². The highest BCUT2D eigenvalue weighted by Crippen LogP contribution is 2.19. The van der Waals surface area contributed by atoms with Crippen LogP contribution < -0.4 is 0 Å². The lowest BCUT2D eigenvalue weighted by Gasteiger charge is -2.01. The summed E-state index contributed by atoms with van der Waals surface area (Å²) in [7, 11) is 0. The van der Waals surface area contributed by atoms with E-state index in [4.69, 9.17) is 9.47 Å². The third-order valence-electron chi connectivity index (χ3n) is 2.97. The Bertz CT molecular complexity index is 401. The van der Waals surface area contributed by atoms with Crippen molar-refractivity contribution >= 4 is 23.3 Å². The zero-order chi connectivity index (χ0) is 15.5. The predicted octanol–water partition coefficient (Wildman–Crippen LogP) is 3.52. The van der Waals surface area contributed by atoms with Crippen molar-refractivity contribution in [3.05, 3.63) is 21.9 Å². The minimum Gasteiger partial charge on any atom is -0.466 e. The smallest absolute Gasteiger partial charge is 0.305 e. The highest BCUT2D eigenvalue weighted by atomic mass is 32.1. The van der Waals surface area contributed by atoms with Crippen LogP contribution in [0.2, 0.25) is 0 Å². The summed E-state index contributed by atoms with van der Waals surface area (Å²) < 4.78 is 9.80. The Morgan fingerprint density at radius 1 is 1.00 bits per heavy atom. The van der Waals surface area contributed by atoms with Gasteiger partial charge in [0, 0.05) is 17.7 Å². The topological polar surface area (TPSA) is 52.6 Å². The van der Waals surface area contributed by atoms with E-state index in [9.17, 15) is 9.59 Å². The zero-order valence-electron chi connectivity index (χ0n) is 12.9. The van der Waals surface area contributed by atoms with Crippen LogP contribution in [0.25, 0.3) is 0 Å². The monoisotopic (exact) mass is 312 g/mol. The molecular weight excluding hydrogens is 288 g/mol. The van der Waals surface area contributed by atoms with Gasteiger partial charge in [0.1, 0.15) is 0 Å². The van der Waals surface area contributed by atoms with E-state index >= 15 is 0 Å². The molecule has 0 fully saturated rings. The molecule has 0 N–H and O–H groups in total. The molecule has 0 amide bonds. The van der Waals surface area contributed by atoms with Crippen LogP contribution in [0.3, 0.4) is 0 Å². The molecule has 21 heavy (non-hydrogen) atoms. The summed E-state index contributed by atoms with van der Waals surface area (Å²) in [6, 6.07) is 2.17. The molecule has 0 aliphatic rings.